The van der Waals surface area contributed by atoms with Gasteiger partial charge < -0.3 is 14.9 Å². The lowest BCUT2D eigenvalue weighted by Gasteiger charge is -2.35. The van der Waals surface area contributed by atoms with Gasteiger partial charge in [0.25, 0.3) is 0 Å². The van der Waals surface area contributed by atoms with Crippen molar-refractivity contribution in [3.63, 3.8) is 0 Å². The summed E-state index contributed by atoms with van der Waals surface area (Å²) < 4.78 is 0. The minimum Gasteiger partial charge on any atom is -0.478 e. The van der Waals surface area contributed by atoms with Gasteiger partial charge >= 0.3 is 5.97 Å². The lowest BCUT2D eigenvalue weighted by Crippen LogP contribution is -2.50. The molecule has 2 unspecified atom stereocenters. The minimum absolute atomic E-state index is 0.256. The van der Waals surface area contributed by atoms with Crippen LogP contribution in [0, 0.1) is 0 Å². The zero-order valence-electron chi connectivity index (χ0n) is 10.6. The van der Waals surface area contributed by atoms with Crippen molar-refractivity contribution in [2.24, 2.45) is 0 Å². The molecule has 0 saturated carbocycles. The molecule has 16 heavy (non-hydrogen) atoms. The predicted molar refractivity (Wildman–Crippen MR) is 63.7 cm³/mol. The van der Waals surface area contributed by atoms with Crippen LogP contribution in [0.3, 0.4) is 0 Å². The SMILES string of the molecule is CCC(C)N1C=CN(C(C)CC)C1C(=O)O. The number of carbonyl (C=O) groups is 1. The highest BCUT2D eigenvalue weighted by Gasteiger charge is 2.36. The molecular formula is C12H22N2O2. The van der Waals surface area contributed by atoms with Crippen LogP contribution < -0.4 is 0 Å². The molecule has 0 aromatic carbocycles. The number of nitrogens with zero attached hydrogens (tertiary/aromatic N) is 2. The van der Waals surface area contributed by atoms with Crippen LogP contribution in [0.2, 0.25) is 0 Å². The van der Waals surface area contributed by atoms with Crippen molar-refractivity contribution in [3.8, 4) is 0 Å². The van der Waals surface area contributed by atoms with E-state index >= 15 is 0 Å². The monoisotopic (exact) mass is 226 g/mol. The van der Waals surface area contributed by atoms with Crippen LogP contribution in [-0.4, -0.2) is 39.1 Å². The predicted octanol–water partition coefficient (Wildman–Crippen LogP) is 2.08. The number of rotatable bonds is 5. The molecule has 1 rings (SSSR count). The van der Waals surface area contributed by atoms with Crippen molar-refractivity contribution in [2.45, 2.75) is 58.8 Å². The molecule has 0 radical (unpaired) electrons. The third-order valence-electron chi connectivity index (χ3n) is 3.40. The second kappa shape index (κ2) is 5.23. The first-order valence-electron chi connectivity index (χ1n) is 5.98. The van der Waals surface area contributed by atoms with Gasteiger partial charge in [-0.3, -0.25) is 0 Å². The third-order valence-corrected chi connectivity index (χ3v) is 3.40. The maximum atomic E-state index is 11.3. The number of carboxylic acid groups (broad SMARTS) is 1. The second-order valence-corrected chi connectivity index (χ2v) is 4.42. The first kappa shape index (κ1) is 12.9. The Kier molecular flexibility index (Phi) is 4.21. The van der Waals surface area contributed by atoms with Crippen LogP contribution in [0.5, 0.6) is 0 Å². The van der Waals surface area contributed by atoms with E-state index in [0.717, 1.165) is 12.8 Å². The normalized spacial score (nSPS) is 23.6. The van der Waals surface area contributed by atoms with Gasteiger partial charge in [0, 0.05) is 24.5 Å². The molecule has 2 atom stereocenters. The molecule has 4 nitrogen and oxygen atoms in total. The molecule has 1 N–H and O–H groups in total. The van der Waals surface area contributed by atoms with Crippen molar-refractivity contribution < 1.29 is 9.90 Å². The third kappa shape index (κ3) is 2.31. The Morgan fingerprint density at radius 3 is 1.81 bits per heavy atom. The van der Waals surface area contributed by atoms with Gasteiger partial charge in [0.05, 0.1) is 0 Å². The van der Waals surface area contributed by atoms with Gasteiger partial charge in [-0.2, -0.15) is 0 Å². The lowest BCUT2D eigenvalue weighted by atomic mass is 10.2. The molecule has 92 valence electrons. The summed E-state index contributed by atoms with van der Waals surface area (Å²) in [5.41, 5.74) is 0. The summed E-state index contributed by atoms with van der Waals surface area (Å²) in [6.45, 7) is 8.26. The van der Waals surface area contributed by atoms with Crippen LogP contribution in [0.15, 0.2) is 12.4 Å². The van der Waals surface area contributed by atoms with E-state index in [1.165, 1.54) is 0 Å². The molecule has 0 bridgehead atoms. The van der Waals surface area contributed by atoms with Gasteiger partial charge in [-0.25, -0.2) is 4.79 Å². The highest BCUT2D eigenvalue weighted by Crippen LogP contribution is 2.23. The second-order valence-electron chi connectivity index (χ2n) is 4.42. The Bertz CT molecular complexity index is 258. The fourth-order valence-electron chi connectivity index (χ4n) is 1.92. The van der Waals surface area contributed by atoms with E-state index in [4.69, 9.17) is 0 Å². The maximum absolute atomic E-state index is 11.3. The van der Waals surface area contributed by atoms with Crippen LogP contribution in [0.1, 0.15) is 40.5 Å². The first-order valence-corrected chi connectivity index (χ1v) is 5.98. The minimum atomic E-state index is -0.773. The maximum Gasteiger partial charge on any atom is 0.347 e. The van der Waals surface area contributed by atoms with E-state index in [-0.39, 0.29) is 12.1 Å². The Balaban J connectivity index is 2.85. The molecule has 0 aromatic rings. The summed E-state index contributed by atoms with van der Waals surface area (Å²) in [5, 5.41) is 9.32. The molecular weight excluding hydrogens is 204 g/mol. The Morgan fingerprint density at radius 2 is 1.56 bits per heavy atom. The topological polar surface area (TPSA) is 43.8 Å². The van der Waals surface area contributed by atoms with E-state index in [9.17, 15) is 9.90 Å². The highest BCUT2D eigenvalue weighted by molar-refractivity contribution is 5.74. The van der Waals surface area contributed by atoms with Gasteiger partial charge in [0.15, 0.2) is 0 Å². The van der Waals surface area contributed by atoms with E-state index in [2.05, 4.69) is 27.7 Å². The number of carboxylic acids is 1. The summed E-state index contributed by atoms with van der Waals surface area (Å²) in [5.74, 6) is -0.773. The average molecular weight is 226 g/mol. The van der Waals surface area contributed by atoms with Gasteiger partial charge in [0.1, 0.15) is 0 Å². The highest BCUT2D eigenvalue weighted by atomic mass is 16.4. The van der Waals surface area contributed by atoms with Crippen molar-refractivity contribution in [1.29, 1.82) is 0 Å². The molecule has 0 aliphatic carbocycles. The average Bonchev–Trinajstić information content (AvgIpc) is 2.71. The van der Waals surface area contributed by atoms with Crippen molar-refractivity contribution in [3.05, 3.63) is 12.4 Å². The lowest BCUT2D eigenvalue weighted by molar-refractivity contribution is -0.148. The molecule has 0 saturated heterocycles. The molecule has 4 heteroatoms. The smallest absolute Gasteiger partial charge is 0.347 e. The van der Waals surface area contributed by atoms with Crippen LogP contribution in [-0.2, 0) is 4.79 Å². The fraction of sp³-hybridized carbons (Fsp3) is 0.750. The van der Waals surface area contributed by atoms with E-state index in [1.807, 2.05) is 22.2 Å². The summed E-state index contributed by atoms with van der Waals surface area (Å²) in [6.07, 6.45) is 5.16. The standard InChI is InChI=1S/C12H22N2O2/c1-5-9(3)13-7-8-14(10(4)6-2)11(13)12(15)16/h7-11H,5-6H2,1-4H3,(H,15,16). The number of hydrogen-bond acceptors (Lipinski definition) is 3. The largest absolute Gasteiger partial charge is 0.478 e. The molecule has 0 aromatic heterocycles. The fourth-order valence-corrected chi connectivity index (χ4v) is 1.92. The van der Waals surface area contributed by atoms with Crippen LogP contribution in [0.4, 0.5) is 0 Å². The van der Waals surface area contributed by atoms with E-state index < -0.39 is 12.1 Å². The molecule has 0 amide bonds. The quantitative estimate of drug-likeness (QED) is 0.779. The summed E-state index contributed by atoms with van der Waals surface area (Å²) in [7, 11) is 0. The van der Waals surface area contributed by atoms with Gasteiger partial charge in [-0.05, 0) is 26.7 Å². The van der Waals surface area contributed by atoms with Gasteiger partial charge in [-0.15, -0.1) is 0 Å². The first-order chi connectivity index (χ1) is 7.52. The molecule has 1 aliphatic heterocycles. The van der Waals surface area contributed by atoms with Crippen LogP contribution >= 0.6 is 0 Å². The summed E-state index contributed by atoms with van der Waals surface area (Å²) >= 11 is 0. The Labute approximate surface area is 97.5 Å². The van der Waals surface area contributed by atoms with Gasteiger partial charge in [-0.1, -0.05) is 13.8 Å². The molecule has 0 spiro atoms. The number of aliphatic carboxylic acids is 1. The Morgan fingerprint density at radius 1 is 1.19 bits per heavy atom. The molecule has 1 heterocycles. The van der Waals surface area contributed by atoms with Crippen molar-refractivity contribution in [1.82, 2.24) is 9.80 Å². The van der Waals surface area contributed by atoms with Crippen molar-refractivity contribution in [2.75, 3.05) is 0 Å². The summed E-state index contributed by atoms with van der Waals surface area (Å²) in [6, 6.07) is 0.512. The van der Waals surface area contributed by atoms with Crippen molar-refractivity contribution >= 4 is 5.97 Å². The zero-order valence-corrected chi connectivity index (χ0v) is 10.6. The number of hydrogen-bond donors (Lipinski definition) is 1. The van der Waals surface area contributed by atoms with Gasteiger partial charge in [0.2, 0.25) is 6.17 Å². The Hall–Kier alpha value is -1.19. The zero-order chi connectivity index (χ0) is 12.3. The summed E-state index contributed by atoms with van der Waals surface area (Å²) in [4.78, 5) is 15.2. The molecule has 1 aliphatic rings. The van der Waals surface area contributed by atoms with E-state index in [0.29, 0.717) is 0 Å². The molecule has 0 fully saturated rings. The van der Waals surface area contributed by atoms with Crippen LogP contribution in [0.25, 0.3) is 0 Å². The van der Waals surface area contributed by atoms with E-state index in [1.54, 1.807) is 0 Å².